The molecular formula is C16H23BrN2O3. The van der Waals surface area contributed by atoms with Crippen molar-refractivity contribution in [3.8, 4) is 5.75 Å². The van der Waals surface area contributed by atoms with E-state index in [1.54, 1.807) is 6.20 Å². The van der Waals surface area contributed by atoms with Crippen LogP contribution in [0, 0.1) is 0 Å². The third kappa shape index (κ3) is 3.21. The van der Waals surface area contributed by atoms with Crippen molar-refractivity contribution in [3.05, 3.63) is 26.6 Å². The Bertz CT molecular complexity index is 612. The number of nitrogens with zero attached hydrogens (tertiary/aromatic N) is 2. The largest absolute Gasteiger partial charge is 0.487 e. The number of amides is 1. The van der Waals surface area contributed by atoms with Gasteiger partial charge in [-0.05, 0) is 35.7 Å². The minimum Gasteiger partial charge on any atom is -0.487 e. The van der Waals surface area contributed by atoms with Gasteiger partial charge in [0.25, 0.3) is 5.91 Å². The second kappa shape index (κ2) is 7.31. The first-order valence-corrected chi connectivity index (χ1v) is 8.67. The molecule has 0 aromatic carbocycles. The van der Waals surface area contributed by atoms with Crippen LogP contribution in [0.25, 0.3) is 0 Å². The molecule has 1 aliphatic rings. The molecule has 0 fully saturated rings. The van der Waals surface area contributed by atoms with Gasteiger partial charge in [0.15, 0.2) is 11.4 Å². The molecule has 122 valence electrons. The summed E-state index contributed by atoms with van der Waals surface area (Å²) >= 11 is 3.28. The normalized spacial score (nSPS) is 17.5. The van der Waals surface area contributed by atoms with Gasteiger partial charge >= 0.3 is 0 Å². The fraction of sp³-hybridized carbons (Fsp3) is 0.625. The smallest absolute Gasteiger partial charge is 0.274 e. The molecule has 1 aromatic rings. The lowest BCUT2D eigenvalue weighted by atomic mass is 10.1. The third-order valence-electron chi connectivity index (χ3n) is 3.86. The number of pyridine rings is 1. The maximum atomic E-state index is 12.8. The minimum atomic E-state index is -0.248. The predicted molar refractivity (Wildman–Crippen MR) is 89.6 cm³/mol. The molecule has 1 aromatic heterocycles. The number of unbranched alkanes of at least 4 members (excludes halogenated alkanes) is 1. The van der Waals surface area contributed by atoms with Crippen molar-refractivity contribution in [2.24, 2.45) is 0 Å². The van der Waals surface area contributed by atoms with Crippen molar-refractivity contribution in [1.29, 1.82) is 0 Å². The molecule has 0 aliphatic carbocycles. The van der Waals surface area contributed by atoms with E-state index in [4.69, 9.17) is 4.74 Å². The van der Waals surface area contributed by atoms with E-state index in [2.05, 4.69) is 22.9 Å². The van der Waals surface area contributed by atoms with Gasteiger partial charge in [0.05, 0.1) is 11.1 Å². The molecular weight excluding hydrogens is 348 g/mol. The molecule has 22 heavy (non-hydrogen) atoms. The van der Waals surface area contributed by atoms with Gasteiger partial charge in [-0.3, -0.25) is 9.59 Å². The Kier molecular flexibility index (Phi) is 5.67. The van der Waals surface area contributed by atoms with Crippen LogP contribution in [0.3, 0.4) is 0 Å². The Morgan fingerprint density at radius 2 is 2.05 bits per heavy atom. The Morgan fingerprint density at radius 1 is 1.32 bits per heavy atom. The quantitative estimate of drug-likeness (QED) is 0.723. The molecule has 1 aliphatic heterocycles. The van der Waals surface area contributed by atoms with E-state index in [0.29, 0.717) is 29.9 Å². The Balaban J connectivity index is 2.47. The van der Waals surface area contributed by atoms with Crippen LogP contribution in [0.4, 0.5) is 0 Å². The van der Waals surface area contributed by atoms with Crippen molar-refractivity contribution in [2.75, 3.05) is 13.2 Å². The molecule has 0 spiro atoms. The second-order valence-corrected chi connectivity index (χ2v) is 6.54. The first-order chi connectivity index (χ1) is 10.5. The Labute approximate surface area is 139 Å². The van der Waals surface area contributed by atoms with Gasteiger partial charge in [-0.25, -0.2) is 0 Å². The monoisotopic (exact) mass is 370 g/mol. The van der Waals surface area contributed by atoms with E-state index in [1.807, 2.05) is 23.3 Å². The Hall–Kier alpha value is -1.30. The van der Waals surface area contributed by atoms with Gasteiger partial charge < -0.3 is 14.2 Å². The van der Waals surface area contributed by atoms with Crippen molar-refractivity contribution < 1.29 is 9.53 Å². The number of aromatic nitrogens is 1. The molecule has 0 radical (unpaired) electrons. The highest BCUT2D eigenvalue weighted by atomic mass is 79.9. The zero-order valence-electron chi connectivity index (χ0n) is 13.4. The highest BCUT2D eigenvalue weighted by molar-refractivity contribution is 9.10. The average molecular weight is 371 g/mol. The third-order valence-corrected chi connectivity index (χ3v) is 4.42. The zero-order chi connectivity index (χ0) is 16.3. The van der Waals surface area contributed by atoms with Crippen LogP contribution < -0.4 is 10.2 Å². The number of ether oxygens (including phenoxy) is 1. The molecule has 2 rings (SSSR count). The molecule has 0 unspecified atom stereocenters. The summed E-state index contributed by atoms with van der Waals surface area (Å²) in [5.41, 5.74) is 0.137. The summed E-state index contributed by atoms with van der Waals surface area (Å²) in [6.45, 7) is 7.94. The summed E-state index contributed by atoms with van der Waals surface area (Å²) in [5.74, 6) is 0.0672. The summed E-state index contributed by atoms with van der Waals surface area (Å²) in [6.07, 6.45) is 4.42. The van der Waals surface area contributed by atoms with Crippen LogP contribution in [0.5, 0.6) is 5.75 Å². The van der Waals surface area contributed by atoms with Crippen LogP contribution >= 0.6 is 15.9 Å². The maximum Gasteiger partial charge on any atom is 0.274 e. The number of carbonyl (C=O) groups excluding carboxylic acids is 1. The molecule has 0 bridgehead atoms. The van der Waals surface area contributed by atoms with E-state index in [1.165, 1.54) is 0 Å². The summed E-state index contributed by atoms with van der Waals surface area (Å²) < 4.78 is 7.95. The summed E-state index contributed by atoms with van der Waals surface area (Å²) in [5, 5.41) is 0. The predicted octanol–water partition coefficient (Wildman–Crippen LogP) is 3.04. The minimum absolute atomic E-state index is 0.109. The van der Waals surface area contributed by atoms with Crippen molar-refractivity contribution in [3.63, 3.8) is 0 Å². The molecule has 0 N–H and O–H groups in total. The van der Waals surface area contributed by atoms with E-state index in [9.17, 15) is 9.59 Å². The number of fused-ring (bicyclic) bond motifs is 1. The summed E-state index contributed by atoms with van der Waals surface area (Å²) in [4.78, 5) is 27.0. The van der Waals surface area contributed by atoms with Gasteiger partial charge in [0, 0.05) is 25.3 Å². The first-order valence-electron chi connectivity index (χ1n) is 7.87. The lowest BCUT2D eigenvalue weighted by molar-refractivity contribution is 0.0603. The average Bonchev–Trinajstić information content (AvgIpc) is 2.48. The lowest BCUT2D eigenvalue weighted by Gasteiger charge is -2.36. The standard InChI is InChI=1S/C16H23BrN2O3/c1-4-6-8-22-15-13-16(21)19(7-5-2)11(3)9-18(13)10-12(17)14(15)20/h10-11H,4-9H2,1-3H3/t11-/m1/s1. The number of halogens is 1. The number of hydrogen-bond acceptors (Lipinski definition) is 3. The molecule has 5 nitrogen and oxygen atoms in total. The first kappa shape index (κ1) is 17.1. The zero-order valence-corrected chi connectivity index (χ0v) is 15.0. The molecule has 0 saturated heterocycles. The van der Waals surface area contributed by atoms with Gasteiger partial charge in [-0.1, -0.05) is 20.3 Å². The molecule has 2 heterocycles. The number of rotatable bonds is 6. The maximum absolute atomic E-state index is 12.8. The lowest BCUT2D eigenvalue weighted by Crippen LogP contribution is -2.48. The van der Waals surface area contributed by atoms with Crippen LogP contribution in [0.1, 0.15) is 50.5 Å². The fourth-order valence-corrected chi connectivity index (χ4v) is 3.13. The molecule has 6 heteroatoms. The van der Waals surface area contributed by atoms with Crippen molar-refractivity contribution >= 4 is 21.8 Å². The van der Waals surface area contributed by atoms with Crippen LogP contribution in [0.15, 0.2) is 15.5 Å². The summed E-state index contributed by atoms with van der Waals surface area (Å²) in [7, 11) is 0. The highest BCUT2D eigenvalue weighted by Gasteiger charge is 2.33. The van der Waals surface area contributed by atoms with E-state index < -0.39 is 0 Å². The van der Waals surface area contributed by atoms with Crippen molar-refractivity contribution in [2.45, 2.75) is 52.6 Å². The van der Waals surface area contributed by atoms with Gasteiger partial charge in [0.1, 0.15) is 0 Å². The number of hydrogen-bond donors (Lipinski definition) is 0. The van der Waals surface area contributed by atoms with E-state index in [-0.39, 0.29) is 23.1 Å². The highest BCUT2D eigenvalue weighted by Crippen LogP contribution is 2.26. The number of carbonyl (C=O) groups is 1. The van der Waals surface area contributed by atoms with Crippen LogP contribution in [0.2, 0.25) is 0 Å². The van der Waals surface area contributed by atoms with E-state index >= 15 is 0 Å². The van der Waals surface area contributed by atoms with Crippen molar-refractivity contribution in [1.82, 2.24) is 9.47 Å². The van der Waals surface area contributed by atoms with Crippen LogP contribution in [-0.2, 0) is 6.54 Å². The second-order valence-electron chi connectivity index (χ2n) is 5.69. The van der Waals surface area contributed by atoms with E-state index in [0.717, 1.165) is 19.3 Å². The SMILES string of the molecule is CCCCOc1c2n(cc(Br)c1=O)C[C@@H](C)N(CCC)C2=O. The van der Waals surface area contributed by atoms with Gasteiger partial charge in [0.2, 0.25) is 5.43 Å². The van der Waals surface area contributed by atoms with Gasteiger partial charge in [-0.15, -0.1) is 0 Å². The molecule has 1 amide bonds. The topological polar surface area (TPSA) is 51.5 Å². The van der Waals surface area contributed by atoms with Gasteiger partial charge in [-0.2, -0.15) is 0 Å². The fourth-order valence-electron chi connectivity index (χ4n) is 2.71. The molecule has 0 saturated carbocycles. The Morgan fingerprint density at radius 3 is 2.68 bits per heavy atom. The molecule has 1 atom stereocenters. The van der Waals surface area contributed by atoms with Crippen LogP contribution in [-0.4, -0.2) is 34.6 Å². The summed E-state index contributed by atoms with van der Waals surface area (Å²) in [6, 6.07) is 0.109.